The van der Waals surface area contributed by atoms with E-state index in [0.29, 0.717) is 16.7 Å². The Morgan fingerprint density at radius 2 is 1.86 bits per heavy atom. The fraction of sp³-hybridized carbons (Fsp3) is 0.250. The Kier molecular flexibility index (Phi) is 4.81. The van der Waals surface area contributed by atoms with Crippen molar-refractivity contribution in [3.63, 3.8) is 0 Å². The Hall–Kier alpha value is -2.07. The van der Waals surface area contributed by atoms with Gasteiger partial charge in [0.15, 0.2) is 0 Å². The van der Waals surface area contributed by atoms with Gasteiger partial charge in [-0.2, -0.15) is 0 Å². The molecule has 1 heterocycles. The van der Waals surface area contributed by atoms with Crippen molar-refractivity contribution in [2.45, 2.75) is 13.8 Å². The molecule has 0 unspecified atom stereocenters. The summed E-state index contributed by atoms with van der Waals surface area (Å²) in [4.78, 5) is 10.8. The fourth-order valence-corrected chi connectivity index (χ4v) is 1.82. The van der Waals surface area contributed by atoms with Gasteiger partial charge in [0.25, 0.3) is 0 Å². The molecule has 21 heavy (non-hydrogen) atoms. The van der Waals surface area contributed by atoms with E-state index < -0.39 is 0 Å². The van der Waals surface area contributed by atoms with Crippen LogP contribution in [0.3, 0.4) is 0 Å². The molecule has 0 aliphatic rings. The fourth-order valence-electron chi connectivity index (χ4n) is 1.69. The molecule has 0 aliphatic carbocycles. The van der Waals surface area contributed by atoms with Crippen molar-refractivity contribution < 1.29 is 4.74 Å². The van der Waals surface area contributed by atoms with Gasteiger partial charge in [-0.1, -0.05) is 11.6 Å². The van der Waals surface area contributed by atoms with Crippen LogP contribution in [0.2, 0.25) is 5.02 Å². The predicted octanol–water partition coefficient (Wildman–Crippen LogP) is 4.37. The lowest BCUT2D eigenvalue weighted by molar-refractivity contribution is 0.458. The molecule has 110 valence electrons. The third-order valence-corrected chi connectivity index (χ3v) is 3.04. The van der Waals surface area contributed by atoms with Gasteiger partial charge >= 0.3 is 0 Å². The van der Waals surface area contributed by atoms with Crippen LogP contribution in [0.4, 0.5) is 5.69 Å². The number of aryl methyl sites for hydroxylation is 2. The molecular weight excluding hydrogens is 286 g/mol. The van der Waals surface area contributed by atoms with E-state index in [0.717, 1.165) is 16.9 Å². The highest BCUT2D eigenvalue weighted by atomic mass is 35.5. The zero-order valence-corrected chi connectivity index (χ0v) is 13.3. The second-order valence-electron chi connectivity index (χ2n) is 4.98. The van der Waals surface area contributed by atoms with Crippen molar-refractivity contribution in [2.75, 3.05) is 14.1 Å². The molecule has 0 saturated carbocycles. The van der Waals surface area contributed by atoms with Crippen LogP contribution < -0.4 is 4.74 Å². The zero-order chi connectivity index (χ0) is 15.4. The Morgan fingerprint density at radius 1 is 1.19 bits per heavy atom. The summed E-state index contributed by atoms with van der Waals surface area (Å²) in [5.41, 5.74) is 2.59. The number of benzene rings is 1. The first-order chi connectivity index (χ1) is 9.95. The summed E-state index contributed by atoms with van der Waals surface area (Å²) in [6.45, 7) is 3.86. The minimum absolute atomic E-state index is 0.582. The highest BCUT2D eigenvalue weighted by Gasteiger charge is 2.08. The second-order valence-corrected chi connectivity index (χ2v) is 5.42. The number of nitrogens with zero attached hydrogens (tertiary/aromatic N) is 3. The first-order valence-corrected chi connectivity index (χ1v) is 6.96. The van der Waals surface area contributed by atoms with Crippen LogP contribution in [0.1, 0.15) is 11.3 Å². The highest BCUT2D eigenvalue weighted by molar-refractivity contribution is 6.30. The predicted molar refractivity (Wildman–Crippen MR) is 87.1 cm³/mol. The number of pyridine rings is 1. The van der Waals surface area contributed by atoms with Gasteiger partial charge in [0.2, 0.25) is 5.88 Å². The standard InChI is InChI=1S/C16H18ClN3O/c1-11-9-15(18-10-20(3)4)12(2)19-16(11)21-14-7-5-13(17)6-8-14/h5-10H,1-4H3/b18-10+. The topological polar surface area (TPSA) is 37.7 Å². The number of hydrogen-bond donors (Lipinski definition) is 0. The lowest BCUT2D eigenvalue weighted by Gasteiger charge is -2.10. The van der Waals surface area contributed by atoms with E-state index in [9.17, 15) is 0 Å². The Labute approximate surface area is 130 Å². The third-order valence-electron chi connectivity index (χ3n) is 2.79. The monoisotopic (exact) mass is 303 g/mol. The summed E-state index contributed by atoms with van der Waals surface area (Å²) in [5.74, 6) is 1.29. The summed E-state index contributed by atoms with van der Waals surface area (Å²) >= 11 is 5.86. The average Bonchev–Trinajstić information content (AvgIpc) is 2.43. The van der Waals surface area contributed by atoms with Gasteiger partial charge < -0.3 is 9.64 Å². The van der Waals surface area contributed by atoms with Crippen molar-refractivity contribution in [2.24, 2.45) is 4.99 Å². The SMILES string of the molecule is Cc1cc(/N=C/N(C)C)c(C)nc1Oc1ccc(Cl)cc1. The van der Waals surface area contributed by atoms with E-state index in [1.165, 1.54) is 0 Å². The minimum Gasteiger partial charge on any atom is -0.439 e. The van der Waals surface area contributed by atoms with Crippen molar-refractivity contribution >= 4 is 23.6 Å². The largest absolute Gasteiger partial charge is 0.439 e. The molecule has 0 N–H and O–H groups in total. The quantitative estimate of drug-likeness (QED) is 0.622. The van der Waals surface area contributed by atoms with E-state index in [4.69, 9.17) is 16.3 Å². The van der Waals surface area contributed by atoms with Crippen LogP contribution in [-0.2, 0) is 0 Å². The van der Waals surface area contributed by atoms with Crippen LogP contribution in [0.5, 0.6) is 11.6 Å². The average molecular weight is 304 g/mol. The van der Waals surface area contributed by atoms with Crippen molar-refractivity contribution in [3.8, 4) is 11.6 Å². The molecule has 1 aromatic carbocycles. The van der Waals surface area contributed by atoms with Gasteiger partial charge in [-0.05, 0) is 44.2 Å². The van der Waals surface area contributed by atoms with Crippen LogP contribution >= 0.6 is 11.6 Å². The Bertz CT molecular complexity index is 651. The molecule has 2 aromatic rings. The highest BCUT2D eigenvalue weighted by Crippen LogP contribution is 2.28. The van der Waals surface area contributed by atoms with E-state index in [2.05, 4.69) is 9.98 Å². The van der Waals surface area contributed by atoms with E-state index in [-0.39, 0.29) is 0 Å². The first kappa shape index (κ1) is 15.3. The van der Waals surface area contributed by atoms with Crippen molar-refractivity contribution in [3.05, 3.63) is 46.6 Å². The molecule has 4 nitrogen and oxygen atoms in total. The minimum atomic E-state index is 0.582. The van der Waals surface area contributed by atoms with Gasteiger partial charge in [0.05, 0.1) is 17.7 Å². The molecule has 0 fully saturated rings. The molecule has 1 aromatic heterocycles. The normalized spacial score (nSPS) is 10.9. The van der Waals surface area contributed by atoms with E-state index in [1.807, 2.05) is 51.0 Å². The number of hydrogen-bond acceptors (Lipinski definition) is 3. The number of ether oxygens (including phenoxy) is 1. The smallest absolute Gasteiger partial charge is 0.222 e. The molecule has 2 rings (SSSR count). The van der Waals surface area contributed by atoms with E-state index >= 15 is 0 Å². The molecular formula is C16H18ClN3O. The summed E-state index contributed by atoms with van der Waals surface area (Å²) in [6.07, 6.45) is 1.75. The molecule has 0 saturated heterocycles. The van der Waals surface area contributed by atoms with Crippen molar-refractivity contribution in [1.29, 1.82) is 0 Å². The molecule has 0 bridgehead atoms. The molecule has 0 radical (unpaired) electrons. The van der Waals surface area contributed by atoms with Gasteiger partial charge in [-0.15, -0.1) is 0 Å². The molecule has 0 aliphatic heterocycles. The van der Waals surface area contributed by atoms with Gasteiger partial charge in [0, 0.05) is 24.7 Å². The number of aliphatic imine (C=N–C) groups is 1. The second kappa shape index (κ2) is 6.59. The van der Waals surface area contributed by atoms with Gasteiger partial charge in [0.1, 0.15) is 5.75 Å². The maximum atomic E-state index is 5.86. The molecule has 0 amide bonds. The molecule has 0 atom stereocenters. The molecule has 5 heteroatoms. The Balaban J connectivity index is 2.25. The van der Waals surface area contributed by atoms with Gasteiger partial charge in [-0.25, -0.2) is 9.98 Å². The first-order valence-electron chi connectivity index (χ1n) is 6.58. The van der Waals surface area contributed by atoms with Crippen molar-refractivity contribution in [1.82, 2.24) is 9.88 Å². The van der Waals surface area contributed by atoms with Crippen LogP contribution in [0, 0.1) is 13.8 Å². The lowest BCUT2D eigenvalue weighted by atomic mass is 10.2. The zero-order valence-electron chi connectivity index (χ0n) is 12.6. The van der Waals surface area contributed by atoms with Crippen LogP contribution in [0.15, 0.2) is 35.3 Å². The van der Waals surface area contributed by atoms with Gasteiger partial charge in [-0.3, -0.25) is 0 Å². The lowest BCUT2D eigenvalue weighted by Crippen LogP contribution is -2.07. The van der Waals surface area contributed by atoms with Crippen LogP contribution in [0.25, 0.3) is 0 Å². The maximum absolute atomic E-state index is 5.86. The summed E-state index contributed by atoms with van der Waals surface area (Å²) in [7, 11) is 3.86. The summed E-state index contributed by atoms with van der Waals surface area (Å²) in [5, 5.41) is 0.677. The summed E-state index contributed by atoms with van der Waals surface area (Å²) < 4.78 is 5.79. The molecule has 0 spiro atoms. The summed E-state index contributed by atoms with van der Waals surface area (Å²) in [6, 6.07) is 9.17. The number of aromatic nitrogens is 1. The van der Waals surface area contributed by atoms with E-state index in [1.54, 1.807) is 18.5 Å². The number of rotatable bonds is 4. The number of halogens is 1. The third kappa shape index (κ3) is 4.20. The maximum Gasteiger partial charge on any atom is 0.222 e. The Morgan fingerprint density at radius 3 is 2.48 bits per heavy atom. The van der Waals surface area contributed by atoms with Crippen LogP contribution in [-0.4, -0.2) is 30.3 Å².